The molecule has 29 heavy (non-hydrogen) atoms. The zero-order valence-electron chi connectivity index (χ0n) is 17.9. The van der Waals surface area contributed by atoms with E-state index in [4.69, 9.17) is 4.74 Å². The minimum absolute atomic E-state index is 0.202. The number of nitrogens with zero attached hydrogens (tertiary/aromatic N) is 1. The first-order chi connectivity index (χ1) is 13.6. The SMILES string of the molecule is CC[C@H](NC(=O)[C@H](C)N(c1cc(C)ccc1OC)S(C)(=O)=O)c1ccc(C)cc1. The van der Waals surface area contributed by atoms with Crippen LogP contribution in [-0.2, 0) is 14.8 Å². The van der Waals surface area contributed by atoms with Gasteiger partial charge >= 0.3 is 0 Å². The van der Waals surface area contributed by atoms with Crippen LogP contribution in [0.3, 0.4) is 0 Å². The molecule has 0 heterocycles. The second-order valence-electron chi connectivity index (χ2n) is 7.29. The number of hydrogen-bond donors (Lipinski definition) is 1. The molecule has 0 aliphatic heterocycles. The van der Waals surface area contributed by atoms with Gasteiger partial charge in [-0.05, 0) is 50.5 Å². The molecule has 0 saturated carbocycles. The summed E-state index contributed by atoms with van der Waals surface area (Å²) in [6.07, 6.45) is 1.78. The number of hydrogen-bond acceptors (Lipinski definition) is 4. The summed E-state index contributed by atoms with van der Waals surface area (Å²) in [5.74, 6) is 0.0256. The molecule has 2 atom stereocenters. The Labute approximate surface area is 173 Å². The van der Waals surface area contributed by atoms with Crippen LogP contribution in [0.1, 0.15) is 43.0 Å². The maximum Gasteiger partial charge on any atom is 0.244 e. The van der Waals surface area contributed by atoms with E-state index < -0.39 is 16.1 Å². The lowest BCUT2D eigenvalue weighted by molar-refractivity contribution is -0.122. The molecule has 158 valence electrons. The summed E-state index contributed by atoms with van der Waals surface area (Å²) < 4.78 is 31.7. The number of aryl methyl sites for hydroxylation is 2. The molecule has 0 radical (unpaired) electrons. The average molecular weight is 419 g/mol. The number of rotatable bonds is 8. The van der Waals surface area contributed by atoms with Gasteiger partial charge in [-0.2, -0.15) is 0 Å². The smallest absolute Gasteiger partial charge is 0.244 e. The highest BCUT2D eigenvalue weighted by atomic mass is 32.2. The van der Waals surface area contributed by atoms with Crippen molar-refractivity contribution in [2.45, 2.75) is 46.2 Å². The lowest BCUT2D eigenvalue weighted by Crippen LogP contribution is -2.48. The van der Waals surface area contributed by atoms with Crippen LogP contribution in [0.15, 0.2) is 42.5 Å². The Morgan fingerprint density at radius 2 is 1.69 bits per heavy atom. The topological polar surface area (TPSA) is 75.7 Å². The highest BCUT2D eigenvalue weighted by Gasteiger charge is 2.32. The molecule has 0 aromatic heterocycles. The highest BCUT2D eigenvalue weighted by molar-refractivity contribution is 7.92. The first kappa shape index (κ1) is 22.7. The van der Waals surface area contributed by atoms with E-state index in [9.17, 15) is 13.2 Å². The quantitative estimate of drug-likeness (QED) is 0.709. The summed E-state index contributed by atoms with van der Waals surface area (Å²) in [5, 5.41) is 2.99. The number of benzene rings is 2. The van der Waals surface area contributed by atoms with Gasteiger partial charge < -0.3 is 10.1 Å². The number of carbonyl (C=O) groups is 1. The van der Waals surface area contributed by atoms with Gasteiger partial charge in [0.2, 0.25) is 15.9 Å². The molecule has 1 N–H and O–H groups in total. The molecule has 0 aliphatic rings. The third kappa shape index (κ3) is 5.50. The average Bonchev–Trinajstić information content (AvgIpc) is 2.66. The Morgan fingerprint density at radius 3 is 2.21 bits per heavy atom. The predicted molar refractivity (Wildman–Crippen MR) is 117 cm³/mol. The third-order valence-electron chi connectivity index (χ3n) is 4.86. The van der Waals surface area contributed by atoms with Crippen LogP contribution >= 0.6 is 0 Å². The first-order valence-corrected chi connectivity index (χ1v) is 11.4. The zero-order valence-corrected chi connectivity index (χ0v) is 18.7. The Kier molecular flexibility index (Phi) is 7.30. The minimum Gasteiger partial charge on any atom is -0.495 e. The van der Waals surface area contributed by atoms with Gasteiger partial charge in [-0.15, -0.1) is 0 Å². The van der Waals surface area contributed by atoms with Crippen LogP contribution in [0.5, 0.6) is 5.75 Å². The fraction of sp³-hybridized carbons (Fsp3) is 0.409. The van der Waals surface area contributed by atoms with Crippen molar-refractivity contribution < 1.29 is 17.9 Å². The van der Waals surface area contributed by atoms with E-state index in [0.29, 0.717) is 17.9 Å². The maximum absolute atomic E-state index is 13.0. The van der Waals surface area contributed by atoms with Crippen LogP contribution in [0, 0.1) is 13.8 Å². The minimum atomic E-state index is -3.73. The van der Waals surface area contributed by atoms with Gasteiger partial charge in [0, 0.05) is 0 Å². The summed E-state index contributed by atoms with van der Waals surface area (Å²) in [4.78, 5) is 13.0. The predicted octanol–water partition coefficient (Wildman–Crippen LogP) is 3.73. The van der Waals surface area contributed by atoms with Gasteiger partial charge in [-0.25, -0.2) is 8.42 Å². The van der Waals surface area contributed by atoms with Crippen molar-refractivity contribution in [2.75, 3.05) is 17.7 Å². The van der Waals surface area contributed by atoms with E-state index in [1.54, 1.807) is 19.1 Å². The van der Waals surface area contributed by atoms with Crippen LogP contribution in [0.4, 0.5) is 5.69 Å². The van der Waals surface area contributed by atoms with Crippen LogP contribution in [0.25, 0.3) is 0 Å². The molecule has 0 saturated heterocycles. The van der Waals surface area contributed by atoms with Gasteiger partial charge in [-0.3, -0.25) is 9.10 Å². The fourth-order valence-electron chi connectivity index (χ4n) is 3.27. The normalized spacial score (nSPS) is 13.4. The van der Waals surface area contributed by atoms with Gasteiger partial charge in [0.1, 0.15) is 11.8 Å². The van der Waals surface area contributed by atoms with Crippen LogP contribution in [-0.4, -0.2) is 33.7 Å². The van der Waals surface area contributed by atoms with Crippen molar-refractivity contribution in [3.05, 3.63) is 59.2 Å². The van der Waals surface area contributed by atoms with E-state index in [1.165, 1.54) is 7.11 Å². The summed E-state index contributed by atoms with van der Waals surface area (Å²) in [6, 6.07) is 12.0. The molecular weight excluding hydrogens is 388 g/mol. The second-order valence-corrected chi connectivity index (χ2v) is 9.15. The summed E-state index contributed by atoms with van der Waals surface area (Å²) in [5.41, 5.74) is 3.34. The molecule has 2 aromatic rings. The van der Waals surface area contributed by atoms with E-state index in [2.05, 4.69) is 5.32 Å². The van der Waals surface area contributed by atoms with E-state index in [0.717, 1.165) is 27.3 Å². The molecule has 0 spiro atoms. The number of carbonyl (C=O) groups excluding carboxylic acids is 1. The molecule has 1 amide bonds. The Hall–Kier alpha value is -2.54. The number of anilines is 1. The van der Waals surface area contributed by atoms with Gasteiger partial charge in [-0.1, -0.05) is 42.8 Å². The second kappa shape index (κ2) is 9.31. The maximum atomic E-state index is 13.0. The largest absolute Gasteiger partial charge is 0.495 e. The van der Waals surface area contributed by atoms with E-state index in [-0.39, 0.29) is 11.9 Å². The lowest BCUT2D eigenvalue weighted by atomic mass is 10.0. The molecular formula is C22H30N2O4S. The van der Waals surface area contributed by atoms with Crippen molar-refractivity contribution in [1.82, 2.24) is 5.32 Å². The lowest BCUT2D eigenvalue weighted by Gasteiger charge is -2.31. The van der Waals surface area contributed by atoms with E-state index in [1.807, 2.05) is 51.1 Å². The van der Waals surface area contributed by atoms with Crippen molar-refractivity contribution in [3.8, 4) is 5.75 Å². The van der Waals surface area contributed by atoms with Crippen molar-refractivity contribution in [2.24, 2.45) is 0 Å². The molecule has 0 fully saturated rings. The van der Waals surface area contributed by atoms with Gasteiger partial charge in [0.05, 0.1) is 25.1 Å². The summed E-state index contributed by atoms with van der Waals surface area (Å²) >= 11 is 0. The molecule has 0 aliphatic carbocycles. The van der Waals surface area contributed by atoms with Crippen molar-refractivity contribution >= 4 is 21.6 Å². The summed E-state index contributed by atoms with van der Waals surface area (Å²) in [7, 11) is -2.26. The van der Waals surface area contributed by atoms with Crippen LogP contribution in [0.2, 0.25) is 0 Å². The number of nitrogens with one attached hydrogen (secondary N) is 1. The number of amides is 1. The van der Waals surface area contributed by atoms with Crippen LogP contribution < -0.4 is 14.4 Å². The monoisotopic (exact) mass is 418 g/mol. The first-order valence-electron chi connectivity index (χ1n) is 9.59. The molecule has 2 rings (SSSR count). The Morgan fingerprint density at radius 1 is 1.10 bits per heavy atom. The Balaban J connectivity index is 2.36. The number of sulfonamides is 1. The number of methoxy groups -OCH3 is 1. The molecule has 0 unspecified atom stereocenters. The van der Waals surface area contributed by atoms with Gasteiger partial charge in [0.25, 0.3) is 0 Å². The number of ether oxygens (including phenoxy) is 1. The third-order valence-corrected chi connectivity index (χ3v) is 6.09. The van der Waals surface area contributed by atoms with E-state index >= 15 is 0 Å². The Bertz CT molecular complexity index is 955. The standard InChI is InChI=1S/C22H30N2O4S/c1-7-19(18-11-8-15(2)9-12-18)23-22(25)17(4)24(29(6,26)27)20-14-16(3)10-13-21(20)28-5/h8-14,17,19H,7H2,1-6H3,(H,23,25)/t17-,19-/m0/s1. The fourth-order valence-corrected chi connectivity index (χ4v) is 4.44. The molecule has 2 aromatic carbocycles. The van der Waals surface area contributed by atoms with Crippen molar-refractivity contribution in [1.29, 1.82) is 0 Å². The highest BCUT2D eigenvalue weighted by Crippen LogP contribution is 2.33. The van der Waals surface area contributed by atoms with Gasteiger partial charge in [0.15, 0.2) is 0 Å². The molecule has 6 nitrogen and oxygen atoms in total. The molecule has 7 heteroatoms. The van der Waals surface area contributed by atoms with Crippen molar-refractivity contribution in [3.63, 3.8) is 0 Å². The summed E-state index contributed by atoms with van der Waals surface area (Å²) in [6.45, 7) is 7.43. The zero-order chi connectivity index (χ0) is 21.8. The molecule has 0 bridgehead atoms.